The molecule has 0 radical (unpaired) electrons. The molecular weight excluding hydrogens is 274 g/mol. The Bertz CT molecular complexity index is 556. The van der Waals surface area contributed by atoms with Gasteiger partial charge in [-0.2, -0.15) is 0 Å². The third-order valence-corrected chi connectivity index (χ3v) is 3.42. The van der Waals surface area contributed by atoms with Crippen molar-refractivity contribution in [2.75, 3.05) is 12.4 Å². The number of hydrogen-bond acceptors (Lipinski definition) is 4. The van der Waals surface area contributed by atoms with Crippen molar-refractivity contribution in [1.82, 2.24) is 4.98 Å². The Hall–Kier alpha value is -1.78. The summed E-state index contributed by atoms with van der Waals surface area (Å²) >= 11 is 0. The molecule has 1 aromatic carbocycles. The monoisotopic (exact) mass is 291 g/mol. The molecule has 1 aliphatic rings. The van der Waals surface area contributed by atoms with Gasteiger partial charge in [-0.3, -0.25) is 0 Å². The minimum atomic E-state index is 0. The Morgan fingerprint density at radius 2 is 1.90 bits per heavy atom. The topological polar surface area (TPSA) is 60.2 Å². The van der Waals surface area contributed by atoms with Gasteiger partial charge >= 0.3 is 0 Å². The summed E-state index contributed by atoms with van der Waals surface area (Å²) in [6.07, 6.45) is 2.98. The van der Waals surface area contributed by atoms with E-state index in [1.54, 1.807) is 7.11 Å². The van der Waals surface area contributed by atoms with E-state index in [2.05, 4.69) is 16.4 Å². The highest BCUT2D eigenvalue weighted by atomic mass is 35.5. The van der Waals surface area contributed by atoms with Gasteiger partial charge in [0, 0.05) is 23.8 Å². The summed E-state index contributed by atoms with van der Waals surface area (Å²) in [5, 5.41) is 3.26. The number of nitrogens with two attached hydrogens (primary N) is 1. The molecule has 1 aromatic heterocycles. The van der Waals surface area contributed by atoms with Crippen LogP contribution in [0, 0.1) is 0 Å². The zero-order valence-electron chi connectivity index (χ0n) is 11.2. The van der Waals surface area contributed by atoms with Crippen LogP contribution in [0.2, 0.25) is 0 Å². The molecule has 3 N–H and O–H groups in total. The molecule has 20 heavy (non-hydrogen) atoms. The third kappa shape index (κ3) is 3.21. The fraction of sp³-hybridized carbons (Fsp3) is 0.267. The van der Waals surface area contributed by atoms with Gasteiger partial charge in [0.25, 0.3) is 0 Å². The van der Waals surface area contributed by atoms with Gasteiger partial charge in [0.1, 0.15) is 11.6 Å². The molecule has 2 unspecified atom stereocenters. The van der Waals surface area contributed by atoms with Crippen molar-refractivity contribution in [3.63, 3.8) is 0 Å². The van der Waals surface area contributed by atoms with Crippen LogP contribution in [-0.2, 0) is 0 Å². The smallest absolute Gasteiger partial charge is 0.130 e. The number of halogens is 1. The molecule has 2 atom stereocenters. The quantitative estimate of drug-likeness (QED) is 0.909. The van der Waals surface area contributed by atoms with Crippen LogP contribution in [-0.4, -0.2) is 18.1 Å². The van der Waals surface area contributed by atoms with Crippen LogP contribution in [0.4, 0.5) is 11.5 Å². The fourth-order valence-corrected chi connectivity index (χ4v) is 2.12. The average Bonchev–Trinajstić information content (AvgIpc) is 3.18. The van der Waals surface area contributed by atoms with E-state index in [-0.39, 0.29) is 12.4 Å². The Morgan fingerprint density at radius 1 is 1.20 bits per heavy atom. The number of ether oxygens (including phenoxy) is 1. The Morgan fingerprint density at radius 3 is 2.40 bits per heavy atom. The molecule has 0 bridgehead atoms. The number of pyridine rings is 1. The predicted molar refractivity (Wildman–Crippen MR) is 83.1 cm³/mol. The van der Waals surface area contributed by atoms with Gasteiger partial charge in [-0.15, -0.1) is 12.4 Å². The molecule has 5 heteroatoms. The van der Waals surface area contributed by atoms with Crippen LogP contribution in [0.15, 0.2) is 42.6 Å². The maximum absolute atomic E-state index is 5.83. The number of benzene rings is 1. The van der Waals surface area contributed by atoms with Crippen LogP contribution in [0.3, 0.4) is 0 Å². The number of methoxy groups -OCH3 is 1. The number of nitrogens with zero attached hydrogens (tertiary/aromatic N) is 1. The lowest BCUT2D eigenvalue weighted by Crippen LogP contribution is -2.01. The van der Waals surface area contributed by atoms with E-state index in [1.807, 2.05) is 36.5 Å². The van der Waals surface area contributed by atoms with Crippen molar-refractivity contribution in [2.45, 2.75) is 18.4 Å². The van der Waals surface area contributed by atoms with Crippen LogP contribution in [0.1, 0.15) is 17.9 Å². The molecule has 3 rings (SSSR count). The van der Waals surface area contributed by atoms with Crippen molar-refractivity contribution in [1.29, 1.82) is 0 Å². The van der Waals surface area contributed by atoms with E-state index >= 15 is 0 Å². The number of rotatable bonds is 4. The predicted octanol–water partition coefficient (Wildman–Crippen LogP) is 3.07. The van der Waals surface area contributed by atoms with E-state index < -0.39 is 0 Å². The minimum Gasteiger partial charge on any atom is -0.497 e. The summed E-state index contributed by atoms with van der Waals surface area (Å²) in [7, 11) is 1.66. The average molecular weight is 292 g/mol. The maximum atomic E-state index is 5.83. The van der Waals surface area contributed by atoms with Gasteiger partial charge in [-0.1, -0.05) is 6.07 Å². The largest absolute Gasteiger partial charge is 0.497 e. The highest BCUT2D eigenvalue weighted by molar-refractivity contribution is 5.85. The normalized spacial score (nSPS) is 19.9. The van der Waals surface area contributed by atoms with Gasteiger partial charge in [0.05, 0.1) is 7.11 Å². The third-order valence-electron chi connectivity index (χ3n) is 3.42. The lowest BCUT2D eigenvalue weighted by Gasteiger charge is -2.07. The summed E-state index contributed by atoms with van der Waals surface area (Å²) in [5.41, 5.74) is 8.05. The van der Waals surface area contributed by atoms with E-state index in [0.29, 0.717) is 12.0 Å². The highest BCUT2D eigenvalue weighted by Gasteiger charge is 2.34. The molecule has 4 nitrogen and oxygen atoms in total. The van der Waals surface area contributed by atoms with E-state index in [4.69, 9.17) is 10.5 Å². The van der Waals surface area contributed by atoms with Gasteiger partial charge in [-0.05, 0) is 42.3 Å². The zero-order valence-corrected chi connectivity index (χ0v) is 12.1. The summed E-state index contributed by atoms with van der Waals surface area (Å²) in [6, 6.07) is 12.2. The number of nitrogens with one attached hydrogen (secondary N) is 1. The van der Waals surface area contributed by atoms with E-state index in [9.17, 15) is 0 Å². The SMILES string of the molecule is COc1ccc(Nc2ccc(C3CC3N)cn2)cc1.Cl. The van der Waals surface area contributed by atoms with Crippen LogP contribution in [0.25, 0.3) is 0 Å². The Kier molecular flexibility index (Phi) is 4.47. The lowest BCUT2D eigenvalue weighted by molar-refractivity contribution is 0.415. The molecule has 2 aromatic rings. The lowest BCUT2D eigenvalue weighted by atomic mass is 10.2. The first-order chi connectivity index (χ1) is 9.26. The van der Waals surface area contributed by atoms with Crippen LogP contribution in [0.5, 0.6) is 5.75 Å². The number of hydrogen-bond donors (Lipinski definition) is 2. The van der Waals surface area contributed by atoms with Crippen LogP contribution < -0.4 is 15.8 Å². The second-order valence-corrected chi connectivity index (χ2v) is 4.84. The van der Waals surface area contributed by atoms with Crippen molar-refractivity contribution in [3.05, 3.63) is 48.2 Å². The van der Waals surface area contributed by atoms with Crippen molar-refractivity contribution in [3.8, 4) is 5.75 Å². The molecule has 0 saturated heterocycles. The Balaban J connectivity index is 0.00000147. The van der Waals surface area contributed by atoms with E-state index in [0.717, 1.165) is 23.7 Å². The molecule has 1 aliphatic carbocycles. The first kappa shape index (κ1) is 14.6. The number of aromatic nitrogens is 1. The maximum Gasteiger partial charge on any atom is 0.130 e. The summed E-state index contributed by atoms with van der Waals surface area (Å²) in [6.45, 7) is 0. The Labute approximate surface area is 124 Å². The van der Waals surface area contributed by atoms with Crippen molar-refractivity contribution in [2.24, 2.45) is 5.73 Å². The molecule has 1 heterocycles. The van der Waals surface area contributed by atoms with Crippen molar-refractivity contribution >= 4 is 23.9 Å². The standard InChI is InChI=1S/C15H17N3O.ClH/c1-19-12-5-3-11(4-6-12)18-15-7-2-10(9-17-15)13-8-14(13)16;/h2-7,9,13-14H,8,16H2,1H3,(H,17,18);1H. The van der Waals surface area contributed by atoms with Crippen LogP contribution >= 0.6 is 12.4 Å². The summed E-state index contributed by atoms with van der Waals surface area (Å²) in [5.74, 6) is 2.18. The minimum absolute atomic E-state index is 0. The first-order valence-electron chi connectivity index (χ1n) is 6.39. The summed E-state index contributed by atoms with van der Waals surface area (Å²) < 4.78 is 5.12. The van der Waals surface area contributed by atoms with E-state index in [1.165, 1.54) is 5.56 Å². The second-order valence-electron chi connectivity index (χ2n) is 4.84. The molecule has 106 valence electrons. The highest BCUT2D eigenvalue weighted by Crippen LogP contribution is 2.38. The van der Waals surface area contributed by atoms with Gasteiger partial charge < -0.3 is 15.8 Å². The molecule has 0 aliphatic heterocycles. The van der Waals surface area contributed by atoms with Gasteiger partial charge in [-0.25, -0.2) is 4.98 Å². The fourth-order valence-electron chi connectivity index (χ4n) is 2.12. The first-order valence-corrected chi connectivity index (χ1v) is 6.39. The molecule has 0 amide bonds. The summed E-state index contributed by atoms with van der Waals surface area (Å²) in [4.78, 5) is 4.41. The molecule has 1 fully saturated rings. The molecule has 0 spiro atoms. The van der Waals surface area contributed by atoms with Gasteiger partial charge in [0.15, 0.2) is 0 Å². The van der Waals surface area contributed by atoms with Gasteiger partial charge in [0.2, 0.25) is 0 Å². The number of anilines is 2. The van der Waals surface area contributed by atoms with Crippen molar-refractivity contribution < 1.29 is 4.74 Å². The molecule has 1 saturated carbocycles. The second kappa shape index (κ2) is 6.11. The molecular formula is C15H18ClN3O. The zero-order chi connectivity index (χ0) is 13.2.